The fraction of sp³-hybridized carbons (Fsp3) is 0.455. The van der Waals surface area contributed by atoms with Gasteiger partial charge in [-0.2, -0.15) is 0 Å². The minimum absolute atomic E-state index is 0.356. The van der Waals surface area contributed by atoms with Crippen LogP contribution in [-0.2, 0) is 17.9 Å². The number of hydrogen-bond donors (Lipinski definition) is 1. The highest BCUT2D eigenvalue weighted by Crippen LogP contribution is 2.30. The van der Waals surface area contributed by atoms with Gasteiger partial charge in [-0.25, -0.2) is 10.3 Å². The van der Waals surface area contributed by atoms with E-state index in [9.17, 15) is 4.39 Å². The second kappa shape index (κ2) is 6.30. The highest BCUT2D eigenvalue weighted by Gasteiger charge is 2.10. The SMILES string of the molecule is COc1cc(OC)c(CCON)cc1CF. The number of ether oxygens (including phenoxy) is 2. The average Bonchev–Trinajstić information content (AvgIpc) is 2.35. The number of alkyl halides is 1. The highest BCUT2D eigenvalue weighted by molar-refractivity contribution is 5.46. The van der Waals surface area contributed by atoms with Crippen LogP contribution in [0.25, 0.3) is 0 Å². The fourth-order valence-corrected chi connectivity index (χ4v) is 1.51. The van der Waals surface area contributed by atoms with Gasteiger partial charge in [-0.05, 0) is 11.6 Å². The molecule has 1 aromatic carbocycles. The monoisotopic (exact) mass is 229 g/mol. The first-order valence-electron chi connectivity index (χ1n) is 4.88. The van der Waals surface area contributed by atoms with Crippen molar-refractivity contribution in [1.29, 1.82) is 0 Å². The van der Waals surface area contributed by atoms with E-state index in [4.69, 9.17) is 15.4 Å². The van der Waals surface area contributed by atoms with Gasteiger partial charge in [0.25, 0.3) is 0 Å². The minimum atomic E-state index is -0.580. The third-order valence-electron chi connectivity index (χ3n) is 2.32. The van der Waals surface area contributed by atoms with E-state index in [2.05, 4.69) is 4.84 Å². The topological polar surface area (TPSA) is 53.7 Å². The summed E-state index contributed by atoms with van der Waals surface area (Å²) >= 11 is 0. The van der Waals surface area contributed by atoms with Crippen LogP contribution in [0.2, 0.25) is 0 Å². The molecule has 4 nitrogen and oxygen atoms in total. The molecule has 0 heterocycles. The Hall–Kier alpha value is -1.33. The van der Waals surface area contributed by atoms with Gasteiger partial charge in [-0.15, -0.1) is 0 Å². The van der Waals surface area contributed by atoms with Gasteiger partial charge in [-0.1, -0.05) is 0 Å². The van der Waals surface area contributed by atoms with Crippen LogP contribution in [0.1, 0.15) is 11.1 Å². The summed E-state index contributed by atoms with van der Waals surface area (Å²) in [6, 6.07) is 3.37. The number of halogens is 1. The molecule has 1 aromatic rings. The summed E-state index contributed by atoms with van der Waals surface area (Å²) in [6.45, 7) is -0.224. The molecular formula is C11H16FNO3. The van der Waals surface area contributed by atoms with Crippen molar-refractivity contribution in [2.75, 3.05) is 20.8 Å². The summed E-state index contributed by atoms with van der Waals surface area (Å²) in [5.74, 6) is 6.08. The number of benzene rings is 1. The average molecular weight is 229 g/mol. The van der Waals surface area contributed by atoms with E-state index >= 15 is 0 Å². The Morgan fingerprint density at radius 3 is 2.25 bits per heavy atom. The van der Waals surface area contributed by atoms with Crippen LogP contribution in [0.3, 0.4) is 0 Å². The van der Waals surface area contributed by atoms with Crippen molar-refractivity contribution in [3.63, 3.8) is 0 Å². The van der Waals surface area contributed by atoms with E-state index in [0.29, 0.717) is 30.1 Å². The van der Waals surface area contributed by atoms with E-state index < -0.39 is 6.67 Å². The molecule has 5 heteroatoms. The van der Waals surface area contributed by atoms with Gasteiger partial charge >= 0.3 is 0 Å². The zero-order valence-corrected chi connectivity index (χ0v) is 9.46. The van der Waals surface area contributed by atoms with Crippen LogP contribution in [0, 0.1) is 0 Å². The van der Waals surface area contributed by atoms with Crippen molar-refractivity contribution in [2.45, 2.75) is 13.1 Å². The Kier molecular flexibility index (Phi) is 5.01. The second-order valence-corrected chi connectivity index (χ2v) is 3.23. The summed E-state index contributed by atoms with van der Waals surface area (Å²) in [5, 5.41) is 0. The molecule has 0 aliphatic carbocycles. The predicted molar refractivity (Wildman–Crippen MR) is 58.2 cm³/mol. The Balaban J connectivity index is 3.05. The van der Waals surface area contributed by atoms with Crippen molar-refractivity contribution in [3.8, 4) is 11.5 Å². The molecule has 0 unspecified atom stereocenters. The molecular weight excluding hydrogens is 213 g/mol. The van der Waals surface area contributed by atoms with Crippen molar-refractivity contribution in [2.24, 2.45) is 5.90 Å². The Morgan fingerprint density at radius 1 is 1.12 bits per heavy atom. The molecule has 0 saturated heterocycles. The zero-order valence-electron chi connectivity index (χ0n) is 9.46. The molecule has 0 atom stereocenters. The molecule has 2 N–H and O–H groups in total. The van der Waals surface area contributed by atoms with Gasteiger partial charge in [-0.3, -0.25) is 0 Å². The van der Waals surface area contributed by atoms with Gasteiger partial charge in [0.1, 0.15) is 18.2 Å². The lowest BCUT2D eigenvalue weighted by Crippen LogP contribution is -2.05. The van der Waals surface area contributed by atoms with Crippen LogP contribution in [-0.4, -0.2) is 20.8 Å². The fourth-order valence-electron chi connectivity index (χ4n) is 1.51. The first kappa shape index (κ1) is 12.7. The maximum atomic E-state index is 12.7. The summed E-state index contributed by atoms with van der Waals surface area (Å²) in [5.41, 5.74) is 1.34. The highest BCUT2D eigenvalue weighted by atomic mass is 19.1. The lowest BCUT2D eigenvalue weighted by Gasteiger charge is -2.13. The first-order chi connectivity index (χ1) is 7.76. The van der Waals surface area contributed by atoms with Crippen LogP contribution in [0.4, 0.5) is 4.39 Å². The molecule has 1 rings (SSSR count). The van der Waals surface area contributed by atoms with Crippen LogP contribution in [0.5, 0.6) is 11.5 Å². The number of rotatable bonds is 6. The molecule has 0 bridgehead atoms. The molecule has 0 radical (unpaired) electrons. The molecule has 0 fully saturated rings. The lowest BCUT2D eigenvalue weighted by molar-refractivity contribution is 0.140. The standard InChI is InChI=1S/C11H16FNO3/c1-14-10-6-11(15-2)9(7-12)5-8(10)3-4-16-13/h5-6H,3-4,7,13H2,1-2H3. The van der Waals surface area contributed by atoms with Crippen LogP contribution >= 0.6 is 0 Å². The Bertz CT molecular complexity index is 344. The quantitative estimate of drug-likeness (QED) is 0.753. The van der Waals surface area contributed by atoms with E-state index in [1.165, 1.54) is 7.11 Å². The molecule has 0 aliphatic rings. The van der Waals surface area contributed by atoms with E-state index in [1.807, 2.05) is 0 Å². The lowest BCUT2D eigenvalue weighted by atomic mass is 10.1. The van der Waals surface area contributed by atoms with E-state index in [0.717, 1.165) is 5.56 Å². The van der Waals surface area contributed by atoms with Crippen molar-refractivity contribution in [3.05, 3.63) is 23.3 Å². The minimum Gasteiger partial charge on any atom is -0.496 e. The molecule has 90 valence electrons. The predicted octanol–water partition coefficient (Wildman–Crippen LogP) is 1.61. The summed E-state index contributed by atoms with van der Waals surface area (Å²) in [7, 11) is 3.05. The Morgan fingerprint density at radius 2 is 1.75 bits per heavy atom. The van der Waals surface area contributed by atoms with Gasteiger partial charge in [0.2, 0.25) is 0 Å². The number of nitrogens with two attached hydrogens (primary N) is 1. The second-order valence-electron chi connectivity index (χ2n) is 3.23. The first-order valence-corrected chi connectivity index (χ1v) is 4.88. The maximum Gasteiger partial charge on any atom is 0.128 e. The maximum absolute atomic E-state index is 12.7. The van der Waals surface area contributed by atoms with Crippen LogP contribution < -0.4 is 15.4 Å². The molecule has 0 saturated carbocycles. The number of methoxy groups -OCH3 is 2. The van der Waals surface area contributed by atoms with Gasteiger partial charge in [0.05, 0.1) is 20.8 Å². The summed E-state index contributed by atoms with van der Waals surface area (Å²) < 4.78 is 23.0. The summed E-state index contributed by atoms with van der Waals surface area (Å²) in [4.78, 5) is 4.49. The summed E-state index contributed by atoms with van der Waals surface area (Å²) in [6.07, 6.45) is 0.566. The van der Waals surface area contributed by atoms with Gasteiger partial charge in [0, 0.05) is 18.1 Å². The van der Waals surface area contributed by atoms with Crippen molar-refractivity contribution < 1.29 is 18.7 Å². The van der Waals surface area contributed by atoms with Gasteiger partial charge < -0.3 is 14.3 Å². The van der Waals surface area contributed by atoms with E-state index in [1.54, 1.807) is 19.2 Å². The van der Waals surface area contributed by atoms with Crippen molar-refractivity contribution >= 4 is 0 Å². The zero-order chi connectivity index (χ0) is 12.0. The molecule has 0 aromatic heterocycles. The van der Waals surface area contributed by atoms with E-state index in [-0.39, 0.29) is 0 Å². The largest absolute Gasteiger partial charge is 0.496 e. The normalized spacial score (nSPS) is 10.2. The third-order valence-corrected chi connectivity index (χ3v) is 2.32. The number of hydrogen-bond acceptors (Lipinski definition) is 4. The van der Waals surface area contributed by atoms with Crippen molar-refractivity contribution in [1.82, 2.24) is 0 Å². The third kappa shape index (κ3) is 2.84. The smallest absolute Gasteiger partial charge is 0.128 e. The molecule has 0 spiro atoms. The molecule has 0 aliphatic heterocycles. The molecule has 16 heavy (non-hydrogen) atoms. The van der Waals surface area contributed by atoms with Crippen LogP contribution in [0.15, 0.2) is 12.1 Å². The van der Waals surface area contributed by atoms with Gasteiger partial charge in [0.15, 0.2) is 0 Å². The Labute approximate surface area is 94.1 Å². The molecule has 0 amide bonds.